The van der Waals surface area contributed by atoms with Crippen LogP contribution >= 0.6 is 0 Å². The second kappa shape index (κ2) is 11.3. The smallest absolute Gasteiger partial charge is 0.339 e. The fourth-order valence-corrected chi connectivity index (χ4v) is 2.73. The number of hydrazone groups is 1. The molecule has 31 heavy (non-hydrogen) atoms. The Morgan fingerprint density at radius 2 is 1.84 bits per heavy atom. The molecule has 3 aromatic rings. The molecule has 8 nitrogen and oxygen atoms in total. The topological polar surface area (TPSA) is 105 Å². The highest BCUT2D eigenvalue weighted by Gasteiger charge is 2.06. The van der Waals surface area contributed by atoms with Crippen LogP contribution in [-0.4, -0.2) is 36.1 Å². The number of rotatable bonds is 9. The minimum atomic E-state index is -0.463. The number of urea groups is 1. The number of amides is 2. The molecular formula is C23H24N4O4. The molecule has 1 aromatic heterocycles. The Morgan fingerprint density at radius 3 is 2.55 bits per heavy atom. The first-order chi connectivity index (χ1) is 15.2. The quantitative estimate of drug-likeness (QED) is 0.364. The Hall–Kier alpha value is -3.91. The Labute approximate surface area is 180 Å². The average molecular weight is 420 g/mol. The zero-order valence-electron chi connectivity index (χ0n) is 17.1. The van der Waals surface area contributed by atoms with Crippen molar-refractivity contribution >= 4 is 17.9 Å². The number of hydrogen-bond acceptors (Lipinski definition) is 6. The number of ether oxygens (including phenoxy) is 2. The number of nitrogens with one attached hydrogen (secondary N) is 2. The number of nitrogens with zero attached hydrogens (tertiary/aromatic N) is 2. The molecule has 0 atom stereocenters. The van der Waals surface area contributed by atoms with Gasteiger partial charge in [0.1, 0.15) is 6.61 Å². The monoisotopic (exact) mass is 420 g/mol. The van der Waals surface area contributed by atoms with Gasteiger partial charge in [0.25, 0.3) is 0 Å². The van der Waals surface area contributed by atoms with E-state index in [1.165, 1.54) is 6.21 Å². The van der Waals surface area contributed by atoms with Gasteiger partial charge in [-0.1, -0.05) is 12.1 Å². The molecular weight excluding hydrogens is 396 g/mol. The summed E-state index contributed by atoms with van der Waals surface area (Å²) in [6.45, 7) is 0.486. The number of aromatic nitrogens is 1. The summed E-state index contributed by atoms with van der Waals surface area (Å²) in [6, 6.07) is 15.9. The van der Waals surface area contributed by atoms with E-state index in [0.29, 0.717) is 30.2 Å². The summed E-state index contributed by atoms with van der Waals surface area (Å²) in [4.78, 5) is 16.0. The second-order valence-corrected chi connectivity index (χ2v) is 6.55. The van der Waals surface area contributed by atoms with Crippen LogP contribution in [0.4, 0.5) is 10.5 Å². The first-order valence-corrected chi connectivity index (χ1v) is 9.67. The highest BCUT2D eigenvalue weighted by Crippen LogP contribution is 2.28. The minimum Gasteiger partial charge on any atom is -0.493 e. The van der Waals surface area contributed by atoms with Crippen LogP contribution < -0.4 is 20.2 Å². The third kappa shape index (κ3) is 6.83. The molecule has 0 fully saturated rings. The van der Waals surface area contributed by atoms with Crippen LogP contribution in [0.1, 0.15) is 16.7 Å². The number of methoxy groups -OCH3 is 1. The largest absolute Gasteiger partial charge is 0.493 e. The van der Waals surface area contributed by atoms with Crippen molar-refractivity contribution in [2.75, 3.05) is 19.0 Å². The Bertz CT molecular complexity index is 1010. The number of anilines is 1. The van der Waals surface area contributed by atoms with Crippen molar-refractivity contribution < 1.29 is 19.4 Å². The summed E-state index contributed by atoms with van der Waals surface area (Å²) in [7, 11) is 1.56. The lowest BCUT2D eigenvalue weighted by Crippen LogP contribution is -2.24. The van der Waals surface area contributed by atoms with Gasteiger partial charge in [-0.15, -0.1) is 0 Å². The van der Waals surface area contributed by atoms with Crippen molar-refractivity contribution in [2.24, 2.45) is 5.10 Å². The SMILES string of the molecule is COc1cc(/C=N/NC(=O)Nc2ccc(CCO)cc2)ccc1OCc1ccncc1. The van der Waals surface area contributed by atoms with Crippen molar-refractivity contribution in [3.8, 4) is 11.5 Å². The molecule has 2 aromatic carbocycles. The van der Waals surface area contributed by atoms with Gasteiger partial charge >= 0.3 is 6.03 Å². The molecule has 0 spiro atoms. The standard InChI is InChI=1S/C23H24N4O4/c1-30-22-14-19(4-7-21(22)31-16-18-8-11-24-12-9-18)15-25-27-23(29)26-20-5-2-17(3-6-20)10-13-28/h2-9,11-12,14-15,28H,10,13,16H2,1H3,(H2,26,27,29)/b25-15+. The molecule has 8 heteroatoms. The summed E-state index contributed by atoms with van der Waals surface area (Å²) in [5.74, 6) is 1.16. The molecule has 0 aliphatic heterocycles. The number of carbonyl (C=O) groups is 1. The molecule has 0 saturated carbocycles. The first-order valence-electron chi connectivity index (χ1n) is 9.67. The van der Waals surface area contributed by atoms with E-state index in [-0.39, 0.29) is 6.61 Å². The van der Waals surface area contributed by atoms with Gasteiger partial charge in [-0.05, 0) is 65.6 Å². The van der Waals surface area contributed by atoms with Crippen molar-refractivity contribution in [3.05, 3.63) is 83.7 Å². The van der Waals surface area contributed by atoms with Gasteiger partial charge in [-0.2, -0.15) is 5.10 Å². The molecule has 0 bridgehead atoms. The zero-order valence-corrected chi connectivity index (χ0v) is 17.1. The van der Waals surface area contributed by atoms with Crippen LogP contribution in [0.5, 0.6) is 11.5 Å². The number of carbonyl (C=O) groups excluding carboxylic acids is 1. The second-order valence-electron chi connectivity index (χ2n) is 6.55. The predicted octanol–water partition coefficient (Wildman–Crippen LogP) is 3.36. The summed E-state index contributed by atoms with van der Waals surface area (Å²) in [5.41, 5.74) is 5.78. The van der Waals surface area contributed by atoms with Crippen molar-refractivity contribution in [1.82, 2.24) is 10.4 Å². The Morgan fingerprint density at radius 1 is 1.06 bits per heavy atom. The molecule has 0 aliphatic rings. The van der Waals surface area contributed by atoms with Crippen LogP contribution in [-0.2, 0) is 13.0 Å². The van der Waals surface area contributed by atoms with E-state index in [0.717, 1.165) is 16.7 Å². The highest BCUT2D eigenvalue weighted by molar-refractivity contribution is 5.90. The van der Waals surface area contributed by atoms with Gasteiger partial charge in [0.05, 0.1) is 13.3 Å². The fraction of sp³-hybridized carbons (Fsp3) is 0.174. The summed E-state index contributed by atoms with van der Waals surface area (Å²) in [6.07, 6.45) is 5.52. The molecule has 1 heterocycles. The van der Waals surface area contributed by atoms with Crippen molar-refractivity contribution in [2.45, 2.75) is 13.0 Å². The summed E-state index contributed by atoms with van der Waals surface area (Å²) in [5, 5.41) is 15.6. The number of pyridine rings is 1. The maximum Gasteiger partial charge on any atom is 0.339 e. The lowest BCUT2D eigenvalue weighted by Gasteiger charge is -2.11. The lowest BCUT2D eigenvalue weighted by atomic mass is 10.1. The normalized spacial score (nSPS) is 10.6. The van der Waals surface area contributed by atoms with Gasteiger partial charge in [-0.25, -0.2) is 10.2 Å². The maximum absolute atomic E-state index is 12.0. The predicted molar refractivity (Wildman–Crippen MR) is 119 cm³/mol. The number of aliphatic hydroxyl groups excluding tert-OH is 1. The zero-order chi connectivity index (χ0) is 21.9. The molecule has 0 radical (unpaired) electrons. The van der Waals surface area contributed by atoms with E-state index in [4.69, 9.17) is 14.6 Å². The molecule has 3 N–H and O–H groups in total. The summed E-state index contributed by atoms with van der Waals surface area (Å²) < 4.78 is 11.2. The number of benzene rings is 2. The van der Waals surface area contributed by atoms with E-state index in [9.17, 15) is 4.79 Å². The maximum atomic E-state index is 12.0. The number of hydrogen-bond donors (Lipinski definition) is 3. The molecule has 0 saturated heterocycles. The third-order valence-corrected chi connectivity index (χ3v) is 4.32. The van der Waals surface area contributed by atoms with E-state index in [1.54, 1.807) is 43.8 Å². The molecule has 0 aliphatic carbocycles. The molecule has 0 unspecified atom stereocenters. The Balaban J connectivity index is 1.53. The van der Waals surface area contributed by atoms with Gasteiger partial charge in [-0.3, -0.25) is 4.98 Å². The Kier molecular flexibility index (Phi) is 7.96. The van der Waals surface area contributed by atoms with E-state index >= 15 is 0 Å². The van der Waals surface area contributed by atoms with Crippen molar-refractivity contribution in [3.63, 3.8) is 0 Å². The first kappa shape index (κ1) is 21.8. The summed E-state index contributed by atoms with van der Waals surface area (Å²) >= 11 is 0. The number of aliphatic hydroxyl groups is 1. The highest BCUT2D eigenvalue weighted by atomic mass is 16.5. The van der Waals surface area contributed by atoms with Crippen LogP contribution in [0.2, 0.25) is 0 Å². The van der Waals surface area contributed by atoms with Crippen LogP contribution in [0.3, 0.4) is 0 Å². The lowest BCUT2D eigenvalue weighted by molar-refractivity contribution is 0.252. The fourth-order valence-electron chi connectivity index (χ4n) is 2.73. The van der Waals surface area contributed by atoms with E-state index < -0.39 is 6.03 Å². The van der Waals surface area contributed by atoms with Crippen molar-refractivity contribution in [1.29, 1.82) is 0 Å². The van der Waals surface area contributed by atoms with Gasteiger partial charge < -0.3 is 19.9 Å². The van der Waals surface area contributed by atoms with Crippen LogP contribution in [0.25, 0.3) is 0 Å². The molecule has 2 amide bonds. The molecule has 160 valence electrons. The van der Waals surface area contributed by atoms with Gasteiger partial charge in [0.15, 0.2) is 11.5 Å². The van der Waals surface area contributed by atoms with Gasteiger partial charge in [0, 0.05) is 24.7 Å². The van der Waals surface area contributed by atoms with Crippen LogP contribution in [0.15, 0.2) is 72.1 Å². The van der Waals surface area contributed by atoms with E-state index in [1.807, 2.05) is 30.3 Å². The minimum absolute atomic E-state index is 0.0879. The van der Waals surface area contributed by atoms with Gasteiger partial charge in [0.2, 0.25) is 0 Å². The average Bonchev–Trinajstić information content (AvgIpc) is 2.80. The molecule has 3 rings (SSSR count). The van der Waals surface area contributed by atoms with E-state index in [2.05, 4.69) is 20.8 Å². The third-order valence-electron chi connectivity index (χ3n) is 4.32. The van der Waals surface area contributed by atoms with Crippen LogP contribution in [0, 0.1) is 0 Å².